The summed E-state index contributed by atoms with van der Waals surface area (Å²) in [7, 11) is 0. The van der Waals surface area contributed by atoms with Gasteiger partial charge >= 0.3 is 0 Å². The Bertz CT molecular complexity index is 1250. The van der Waals surface area contributed by atoms with Crippen LogP contribution in [0.4, 0.5) is 10.1 Å². The molecule has 2 aromatic carbocycles. The molecule has 2 aromatic heterocycles. The Hall–Kier alpha value is -3.19. The average Bonchev–Trinajstić information content (AvgIpc) is 2.65. The molecule has 4 aromatic rings. The minimum atomic E-state index is -0.381. The third-order valence-electron chi connectivity index (χ3n) is 4.51. The molecule has 4 rings (SSSR count). The van der Waals surface area contributed by atoms with Crippen molar-refractivity contribution in [3.05, 3.63) is 82.2 Å². The van der Waals surface area contributed by atoms with Crippen molar-refractivity contribution in [2.45, 2.75) is 23.8 Å². The molecular weight excluding hydrogens is 375 g/mol. The van der Waals surface area contributed by atoms with Crippen molar-refractivity contribution >= 4 is 23.0 Å². The molecule has 7 heteroatoms. The SMILES string of the molecule is Cc1cccc(C)c1-c1c(=O)ncn2nc(Sc3ccc(F)cc3N)ccc12. The third kappa shape index (κ3) is 3.25. The molecule has 0 radical (unpaired) electrons. The summed E-state index contributed by atoms with van der Waals surface area (Å²) in [4.78, 5) is 17.3. The van der Waals surface area contributed by atoms with Crippen LogP contribution in [0.15, 0.2) is 69.6 Å². The van der Waals surface area contributed by atoms with Gasteiger partial charge in [-0.2, -0.15) is 10.1 Å². The summed E-state index contributed by atoms with van der Waals surface area (Å²) < 4.78 is 14.8. The maximum absolute atomic E-state index is 13.3. The number of benzene rings is 2. The molecule has 2 N–H and O–H groups in total. The van der Waals surface area contributed by atoms with Gasteiger partial charge in [-0.1, -0.05) is 30.0 Å². The predicted molar refractivity (Wildman–Crippen MR) is 109 cm³/mol. The van der Waals surface area contributed by atoms with Gasteiger partial charge in [0.2, 0.25) is 0 Å². The highest BCUT2D eigenvalue weighted by Crippen LogP contribution is 2.32. The first-order valence-electron chi connectivity index (χ1n) is 8.62. The van der Waals surface area contributed by atoms with Crippen molar-refractivity contribution in [2.24, 2.45) is 0 Å². The van der Waals surface area contributed by atoms with Crippen molar-refractivity contribution < 1.29 is 4.39 Å². The van der Waals surface area contributed by atoms with Crippen molar-refractivity contribution in [1.29, 1.82) is 0 Å². The Kier molecular flexibility index (Phi) is 4.60. The summed E-state index contributed by atoms with van der Waals surface area (Å²) in [5.74, 6) is -0.381. The molecule has 0 saturated carbocycles. The zero-order chi connectivity index (χ0) is 19.8. The van der Waals surface area contributed by atoms with E-state index in [0.29, 0.717) is 26.7 Å². The molecule has 0 aliphatic carbocycles. The largest absolute Gasteiger partial charge is 0.398 e. The van der Waals surface area contributed by atoms with Gasteiger partial charge in [0, 0.05) is 10.6 Å². The molecule has 0 spiro atoms. The lowest BCUT2D eigenvalue weighted by Crippen LogP contribution is -2.14. The number of hydrogen-bond donors (Lipinski definition) is 1. The maximum atomic E-state index is 13.3. The van der Waals surface area contributed by atoms with Gasteiger partial charge in [0.05, 0.1) is 11.1 Å². The number of nitrogens with two attached hydrogens (primary N) is 1. The predicted octanol–water partition coefficient (Wildman–Crippen LogP) is 4.25. The van der Waals surface area contributed by atoms with Gasteiger partial charge in [0.1, 0.15) is 17.2 Å². The average molecular weight is 392 g/mol. The Labute approximate surface area is 165 Å². The van der Waals surface area contributed by atoms with E-state index in [1.165, 1.54) is 30.2 Å². The molecule has 28 heavy (non-hydrogen) atoms. The molecule has 140 valence electrons. The zero-order valence-corrected chi connectivity index (χ0v) is 16.1. The summed E-state index contributed by atoms with van der Waals surface area (Å²) in [6.07, 6.45) is 1.41. The summed E-state index contributed by atoms with van der Waals surface area (Å²) in [6.45, 7) is 3.94. The van der Waals surface area contributed by atoms with Crippen LogP contribution in [0.2, 0.25) is 0 Å². The van der Waals surface area contributed by atoms with Crippen LogP contribution in [0.5, 0.6) is 0 Å². The number of aromatic nitrogens is 3. The normalized spacial score (nSPS) is 11.1. The number of rotatable bonds is 3. The maximum Gasteiger partial charge on any atom is 0.281 e. The van der Waals surface area contributed by atoms with E-state index in [1.807, 2.05) is 44.2 Å². The van der Waals surface area contributed by atoms with E-state index in [1.54, 1.807) is 10.6 Å². The fourth-order valence-corrected chi connectivity index (χ4v) is 4.01. The van der Waals surface area contributed by atoms with Crippen LogP contribution >= 0.6 is 11.8 Å². The van der Waals surface area contributed by atoms with E-state index >= 15 is 0 Å². The topological polar surface area (TPSA) is 73.3 Å². The van der Waals surface area contributed by atoms with Gasteiger partial charge in [-0.3, -0.25) is 4.79 Å². The van der Waals surface area contributed by atoms with Crippen molar-refractivity contribution in [3.8, 4) is 11.1 Å². The highest BCUT2D eigenvalue weighted by molar-refractivity contribution is 7.99. The molecule has 0 fully saturated rings. The number of nitrogens with zero attached hydrogens (tertiary/aromatic N) is 3. The minimum Gasteiger partial charge on any atom is -0.398 e. The fourth-order valence-electron chi connectivity index (χ4n) is 3.21. The smallest absolute Gasteiger partial charge is 0.281 e. The van der Waals surface area contributed by atoms with Crippen LogP contribution in [-0.2, 0) is 0 Å². The lowest BCUT2D eigenvalue weighted by molar-refractivity contribution is 0.627. The van der Waals surface area contributed by atoms with Crippen LogP contribution in [-0.4, -0.2) is 14.6 Å². The molecule has 0 atom stereocenters. The second kappa shape index (κ2) is 7.09. The molecule has 5 nitrogen and oxygen atoms in total. The highest BCUT2D eigenvalue weighted by atomic mass is 32.2. The number of hydrogen-bond acceptors (Lipinski definition) is 5. The molecule has 0 saturated heterocycles. The van der Waals surface area contributed by atoms with Gasteiger partial charge in [-0.05, 0) is 60.9 Å². The van der Waals surface area contributed by atoms with E-state index in [2.05, 4.69) is 10.1 Å². The Morgan fingerprint density at radius 1 is 1.04 bits per heavy atom. The van der Waals surface area contributed by atoms with Crippen molar-refractivity contribution in [1.82, 2.24) is 14.6 Å². The minimum absolute atomic E-state index is 0.289. The van der Waals surface area contributed by atoms with Gasteiger partial charge in [0.15, 0.2) is 0 Å². The van der Waals surface area contributed by atoms with E-state index in [4.69, 9.17) is 5.73 Å². The number of fused-ring (bicyclic) bond motifs is 1. The lowest BCUT2D eigenvalue weighted by Gasteiger charge is -2.12. The first-order chi connectivity index (χ1) is 13.4. The Balaban J connectivity index is 1.84. The van der Waals surface area contributed by atoms with Crippen molar-refractivity contribution in [3.63, 3.8) is 0 Å². The lowest BCUT2D eigenvalue weighted by atomic mass is 9.96. The van der Waals surface area contributed by atoms with Gasteiger partial charge in [0.25, 0.3) is 5.56 Å². The summed E-state index contributed by atoms with van der Waals surface area (Å²) in [5, 5.41) is 5.21. The van der Waals surface area contributed by atoms with Gasteiger partial charge in [-0.25, -0.2) is 8.91 Å². The Morgan fingerprint density at radius 3 is 2.50 bits per heavy atom. The van der Waals surface area contributed by atoms with Crippen LogP contribution in [0.1, 0.15) is 11.1 Å². The third-order valence-corrected chi connectivity index (χ3v) is 5.53. The number of anilines is 1. The summed E-state index contributed by atoms with van der Waals surface area (Å²) >= 11 is 1.32. The monoisotopic (exact) mass is 392 g/mol. The van der Waals surface area contributed by atoms with Gasteiger partial charge in [-0.15, -0.1) is 0 Å². The fraction of sp³-hybridized carbons (Fsp3) is 0.0952. The quantitative estimate of drug-likeness (QED) is 0.528. The van der Waals surface area contributed by atoms with Crippen LogP contribution in [0.3, 0.4) is 0 Å². The Morgan fingerprint density at radius 2 is 1.79 bits per heavy atom. The molecule has 0 amide bonds. The van der Waals surface area contributed by atoms with Crippen LogP contribution in [0, 0.1) is 19.7 Å². The van der Waals surface area contributed by atoms with Crippen molar-refractivity contribution in [2.75, 3.05) is 5.73 Å². The molecule has 0 bridgehead atoms. The zero-order valence-electron chi connectivity index (χ0n) is 15.3. The van der Waals surface area contributed by atoms with E-state index in [-0.39, 0.29) is 11.4 Å². The van der Waals surface area contributed by atoms with E-state index in [9.17, 15) is 9.18 Å². The number of aryl methyl sites for hydroxylation is 2. The summed E-state index contributed by atoms with van der Waals surface area (Å²) in [6, 6.07) is 13.8. The van der Waals surface area contributed by atoms with Crippen LogP contribution in [0.25, 0.3) is 16.6 Å². The molecule has 0 aliphatic heterocycles. The van der Waals surface area contributed by atoms with E-state index in [0.717, 1.165) is 16.7 Å². The number of nitrogen functional groups attached to an aromatic ring is 1. The number of halogens is 1. The second-order valence-corrected chi connectivity index (χ2v) is 7.54. The standard InChI is InChI=1S/C21H17FN4OS/c1-12-4-3-5-13(2)19(12)20-16-7-9-18(25-26(16)11-24-21(20)27)28-17-8-6-14(22)10-15(17)23/h3-11H,23H2,1-2H3. The first-order valence-corrected chi connectivity index (χ1v) is 9.44. The molecular formula is C21H17FN4OS. The molecule has 0 unspecified atom stereocenters. The molecule has 2 heterocycles. The highest BCUT2D eigenvalue weighted by Gasteiger charge is 2.15. The first kappa shape index (κ1) is 18.2. The van der Waals surface area contributed by atoms with Crippen LogP contribution < -0.4 is 11.3 Å². The second-order valence-electron chi connectivity index (χ2n) is 6.48. The van der Waals surface area contributed by atoms with Gasteiger partial charge < -0.3 is 5.73 Å². The summed E-state index contributed by atoms with van der Waals surface area (Å²) in [5.41, 5.74) is 10.0. The van der Waals surface area contributed by atoms with E-state index < -0.39 is 0 Å². The molecule has 0 aliphatic rings.